The molecule has 0 aromatic heterocycles. The first-order chi connectivity index (χ1) is 12.1. The molecule has 0 spiro atoms. The lowest BCUT2D eigenvalue weighted by Gasteiger charge is -2.13. The van der Waals surface area contributed by atoms with Gasteiger partial charge in [-0.2, -0.15) is 0 Å². The van der Waals surface area contributed by atoms with Crippen LogP contribution < -0.4 is 10.1 Å². The third-order valence-corrected chi connectivity index (χ3v) is 4.43. The summed E-state index contributed by atoms with van der Waals surface area (Å²) in [6.45, 7) is 1.58. The fourth-order valence-electron chi connectivity index (χ4n) is 1.91. The van der Waals surface area contributed by atoms with E-state index in [9.17, 15) is 26.7 Å². The van der Waals surface area contributed by atoms with Gasteiger partial charge in [-0.25, -0.2) is 8.78 Å². The van der Waals surface area contributed by atoms with E-state index in [4.69, 9.17) is 0 Å². The molecule has 0 aliphatic heterocycles. The van der Waals surface area contributed by atoms with Gasteiger partial charge in [0, 0.05) is 11.8 Å². The number of thioether (sulfide) groups is 1. The second kappa shape index (κ2) is 8.39. The van der Waals surface area contributed by atoms with Crippen LogP contribution in [0.25, 0.3) is 0 Å². The highest BCUT2D eigenvalue weighted by Crippen LogP contribution is 2.25. The molecule has 0 saturated carbocycles. The molecular weight excluding hydrogens is 377 g/mol. The van der Waals surface area contributed by atoms with Crippen LogP contribution in [0.5, 0.6) is 5.75 Å². The molecule has 2 aromatic rings. The van der Waals surface area contributed by atoms with Crippen LogP contribution in [-0.4, -0.2) is 17.5 Å². The lowest BCUT2D eigenvalue weighted by Crippen LogP contribution is -2.23. The summed E-state index contributed by atoms with van der Waals surface area (Å²) in [5.41, 5.74) is 0.428. The van der Waals surface area contributed by atoms with Gasteiger partial charge in [-0.3, -0.25) is 4.79 Å². The maximum Gasteiger partial charge on any atom is 0.573 e. The summed E-state index contributed by atoms with van der Waals surface area (Å²) < 4.78 is 66.7. The predicted molar refractivity (Wildman–Crippen MR) is 88.9 cm³/mol. The number of alkyl halides is 3. The third-order valence-electron chi connectivity index (χ3n) is 3.21. The number of halogens is 5. The second-order valence-electron chi connectivity index (χ2n) is 5.26. The molecular formula is C17H14F5NO2S. The number of carbonyl (C=O) groups is 1. The normalized spacial score (nSPS) is 12.5. The fourth-order valence-corrected chi connectivity index (χ4v) is 2.76. The molecule has 2 aromatic carbocycles. The van der Waals surface area contributed by atoms with Crippen molar-refractivity contribution in [1.29, 1.82) is 0 Å². The van der Waals surface area contributed by atoms with Crippen LogP contribution in [0.2, 0.25) is 0 Å². The topological polar surface area (TPSA) is 38.3 Å². The third kappa shape index (κ3) is 6.21. The first-order valence-electron chi connectivity index (χ1n) is 7.36. The van der Waals surface area contributed by atoms with Crippen LogP contribution in [0, 0.1) is 11.6 Å². The minimum absolute atomic E-state index is 0.254. The van der Waals surface area contributed by atoms with Crippen molar-refractivity contribution >= 4 is 23.4 Å². The van der Waals surface area contributed by atoms with Crippen LogP contribution in [0.3, 0.4) is 0 Å². The molecule has 1 unspecified atom stereocenters. The molecule has 0 heterocycles. The van der Waals surface area contributed by atoms with E-state index in [1.807, 2.05) is 0 Å². The molecule has 1 amide bonds. The predicted octanol–water partition coefficient (Wildman–Crippen LogP) is 5.12. The van der Waals surface area contributed by atoms with E-state index < -0.39 is 29.2 Å². The number of nitrogens with one attached hydrogen (secondary N) is 1. The van der Waals surface area contributed by atoms with Crippen LogP contribution in [0.15, 0.2) is 42.5 Å². The molecule has 0 radical (unpaired) electrons. The zero-order valence-corrected chi connectivity index (χ0v) is 14.3. The molecule has 0 bridgehead atoms. The summed E-state index contributed by atoms with van der Waals surface area (Å²) in [6.07, 6.45) is -4.75. The van der Waals surface area contributed by atoms with E-state index in [0.717, 1.165) is 18.2 Å². The largest absolute Gasteiger partial charge is 0.573 e. The number of hydrogen-bond donors (Lipinski definition) is 1. The fraction of sp³-hybridized carbons (Fsp3) is 0.235. The van der Waals surface area contributed by atoms with Gasteiger partial charge in [0.15, 0.2) is 0 Å². The van der Waals surface area contributed by atoms with E-state index in [2.05, 4.69) is 10.1 Å². The number of carbonyl (C=O) groups excluding carboxylic acids is 1. The molecule has 26 heavy (non-hydrogen) atoms. The van der Waals surface area contributed by atoms with Gasteiger partial charge in [0.1, 0.15) is 17.4 Å². The lowest BCUT2D eigenvalue weighted by atomic mass is 10.2. The zero-order valence-electron chi connectivity index (χ0n) is 13.4. The standard InChI is InChI=1S/C17H14F5NO2S/c1-10(16(24)23-15-8-12(18)4-7-14(15)19)26-9-11-2-5-13(6-3-11)25-17(20,21)22/h2-8,10H,9H2,1H3,(H,23,24). The van der Waals surface area contributed by atoms with Crippen LogP contribution in [0.1, 0.15) is 12.5 Å². The van der Waals surface area contributed by atoms with Gasteiger partial charge in [0.2, 0.25) is 5.91 Å². The summed E-state index contributed by atoms with van der Waals surface area (Å²) in [4.78, 5) is 12.0. The summed E-state index contributed by atoms with van der Waals surface area (Å²) in [5.74, 6) is -1.94. The highest BCUT2D eigenvalue weighted by Gasteiger charge is 2.30. The minimum atomic E-state index is -4.75. The summed E-state index contributed by atoms with van der Waals surface area (Å²) in [6, 6.07) is 7.98. The first kappa shape index (κ1) is 20.0. The van der Waals surface area contributed by atoms with Crippen LogP contribution in [-0.2, 0) is 10.5 Å². The van der Waals surface area contributed by atoms with Gasteiger partial charge in [-0.15, -0.1) is 24.9 Å². The van der Waals surface area contributed by atoms with Crippen molar-refractivity contribution < 1.29 is 31.5 Å². The van der Waals surface area contributed by atoms with E-state index >= 15 is 0 Å². The van der Waals surface area contributed by atoms with Crippen LogP contribution in [0.4, 0.5) is 27.6 Å². The average Bonchev–Trinajstić information content (AvgIpc) is 2.55. The van der Waals surface area contributed by atoms with Gasteiger partial charge < -0.3 is 10.1 Å². The molecule has 1 atom stereocenters. The minimum Gasteiger partial charge on any atom is -0.406 e. The Bertz CT molecular complexity index is 765. The van der Waals surface area contributed by atoms with Crippen molar-refractivity contribution in [3.8, 4) is 5.75 Å². The molecule has 9 heteroatoms. The lowest BCUT2D eigenvalue weighted by molar-refractivity contribution is -0.274. The number of benzene rings is 2. The number of amides is 1. The van der Waals surface area contributed by atoms with Gasteiger partial charge in [0.05, 0.1) is 10.9 Å². The Kier molecular flexibility index (Phi) is 6.47. The Labute approximate surface area is 150 Å². The molecule has 1 N–H and O–H groups in total. The second-order valence-corrected chi connectivity index (χ2v) is 6.59. The Balaban J connectivity index is 1.88. The van der Waals surface area contributed by atoms with Crippen molar-refractivity contribution in [3.05, 3.63) is 59.7 Å². The Morgan fingerprint density at radius 3 is 2.42 bits per heavy atom. The number of hydrogen-bond acceptors (Lipinski definition) is 3. The van der Waals surface area contributed by atoms with Crippen molar-refractivity contribution in [2.75, 3.05) is 5.32 Å². The quantitative estimate of drug-likeness (QED) is 0.695. The van der Waals surface area contributed by atoms with Gasteiger partial charge in [-0.1, -0.05) is 12.1 Å². The number of ether oxygens (including phenoxy) is 1. The summed E-state index contributed by atoms with van der Waals surface area (Å²) in [7, 11) is 0. The zero-order chi connectivity index (χ0) is 19.3. The SMILES string of the molecule is CC(SCc1ccc(OC(F)(F)F)cc1)C(=O)Nc1cc(F)ccc1F. The van der Waals surface area contributed by atoms with Gasteiger partial charge in [-0.05, 0) is 36.8 Å². The van der Waals surface area contributed by atoms with Gasteiger partial charge in [0.25, 0.3) is 0 Å². The monoisotopic (exact) mass is 391 g/mol. The van der Waals surface area contributed by atoms with Crippen molar-refractivity contribution in [1.82, 2.24) is 0 Å². The van der Waals surface area contributed by atoms with E-state index in [1.165, 1.54) is 36.0 Å². The molecule has 0 aliphatic carbocycles. The molecule has 140 valence electrons. The molecule has 2 rings (SSSR count). The smallest absolute Gasteiger partial charge is 0.406 e. The maximum absolute atomic E-state index is 13.5. The van der Waals surface area contributed by atoms with E-state index in [0.29, 0.717) is 11.3 Å². The molecule has 0 aliphatic rings. The van der Waals surface area contributed by atoms with Gasteiger partial charge >= 0.3 is 6.36 Å². The van der Waals surface area contributed by atoms with Crippen molar-refractivity contribution in [3.63, 3.8) is 0 Å². The number of anilines is 1. The highest BCUT2D eigenvalue weighted by molar-refractivity contribution is 7.99. The van der Waals surface area contributed by atoms with E-state index in [-0.39, 0.29) is 11.4 Å². The summed E-state index contributed by atoms with van der Waals surface area (Å²) >= 11 is 1.19. The molecule has 3 nitrogen and oxygen atoms in total. The van der Waals surface area contributed by atoms with Crippen molar-refractivity contribution in [2.24, 2.45) is 0 Å². The average molecular weight is 391 g/mol. The Hall–Kier alpha value is -2.29. The molecule has 0 saturated heterocycles. The first-order valence-corrected chi connectivity index (χ1v) is 8.41. The van der Waals surface area contributed by atoms with E-state index in [1.54, 1.807) is 6.92 Å². The Morgan fingerprint density at radius 2 is 1.81 bits per heavy atom. The van der Waals surface area contributed by atoms with Crippen molar-refractivity contribution in [2.45, 2.75) is 24.3 Å². The molecule has 0 fully saturated rings. The summed E-state index contributed by atoms with van der Waals surface area (Å²) in [5, 5.41) is 1.71. The Morgan fingerprint density at radius 1 is 1.15 bits per heavy atom. The maximum atomic E-state index is 13.5. The van der Waals surface area contributed by atoms with Crippen LogP contribution >= 0.6 is 11.8 Å². The highest BCUT2D eigenvalue weighted by atomic mass is 32.2. The number of rotatable bonds is 6.